The molecule has 3 aliphatic heterocycles. The van der Waals surface area contributed by atoms with E-state index in [4.69, 9.17) is 9.47 Å². The third kappa shape index (κ3) is 3.81. The lowest BCUT2D eigenvalue weighted by Gasteiger charge is -2.29. The molecule has 3 aromatic rings. The molecule has 0 bridgehead atoms. The first-order valence-corrected chi connectivity index (χ1v) is 11.4. The molecule has 0 fully saturated rings. The Kier molecular flexibility index (Phi) is 5.89. The molecule has 0 amide bonds. The molecule has 3 aliphatic rings. The Balaban J connectivity index is 0.00000228. The van der Waals surface area contributed by atoms with Crippen molar-refractivity contribution in [1.29, 1.82) is 0 Å². The molecule has 1 N–H and O–H groups in total. The number of nitrogens with zero attached hydrogens (tertiary/aromatic N) is 2. The standard InChI is InChI=1S/C27H27N2O3.BrH/c30-27(22-12-10-21(11-13-22)20-7-3-1-4-8-20)18-28-16-6-2-5-9-26(28)29(27)23-14-15-24-25(17-23)32-19-31-24;/h1,3-4,7-8,10-15,17,30H,2,5-6,9,16,18-19H2;1H/q+1;. The van der Waals surface area contributed by atoms with Gasteiger partial charge in [0.15, 0.2) is 18.0 Å². The highest BCUT2D eigenvalue weighted by atomic mass is 79.9. The average molecular weight is 508 g/mol. The summed E-state index contributed by atoms with van der Waals surface area (Å²) in [4.78, 5) is 2.12. The van der Waals surface area contributed by atoms with Crippen LogP contribution in [-0.2, 0) is 5.72 Å². The summed E-state index contributed by atoms with van der Waals surface area (Å²) in [5, 5.41) is 12.2. The highest BCUT2D eigenvalue weighted by molar-refractivity contribution is 8.93. The Morgan fingerprint density at radius 1 is 0.818 bits per heavy atom. The van der Waals surface area contributed by atoms with Gasteiger partial charge in [-0.3, -0.25) is 4.58 Å². The molecule has 33 heavy (non-hydrogen) atoms. The van der Waals surface area contributed by atoms with Crippen molar-refractivity contribution in [3.63, 3.8) is 0 Å². The highest BCUT2D eigenvalue weighted by Gasteiger charge is 2.54. The molecule has 0 radical (unpaired) electrons. The van der Waals surface area contributed by atoms with E-state index >= 15 is 0 Å². The van der Waals surface area contributed by atoms with Crippen molar-refractivity contribution in [3.8, 4) is 22.6 Å². The minimum absolute atomic E-state index is 0. The Bertz CT molecular complexity index is 1180. The van der Waals surface area contributed by atoms with Gasteiger partial charge in [-0.25, -0.2) is 0 Å². The summed E-state index contributed by atoms with van der Waals surface area (Å²) in [6.07, 6.45) is 4.47. The van der Waals surface area contributed by atoms with Crippen molar-refractivity contribution in [1.82, 2.24) is 0 Å². The maximum atomic E-state index is 12.2. The molecule has 6 rings (SSSR count). The topological polar surface area (TPSA) is 44.9 Å². The number of amidine groups is 1. The number of hydrogen-bond donors (Lipinski definition) is 1. The normalized spacial score (nSPS) is 21.4. The van der Waals surface area contributed by atoms with Gasteiger partial charge >= 0.3 is 0 Å². The number of ether oxygens (including phenoxy) is 2. The highest BCUT2D eigenvalue weighted by Crippen LogP contribution is 2.42. The number of fused-ring (bicyclic) bond motifs is 1. The first-order valence-electron chi connectivity index (χ1n) is 11.4. The molecule has 3 aromatic carbocycles. The van der Waals surface area contributed by atoms with Crippen LogP contribution in [0.3, 0.4) is 0 Å². The van der Waals surface area contributed by atoms with Crippen molar-refractivity contribution in [2.75, 3.05) is 24.8 Å². The predicted octanol–water partition coefficient (Wildman–Crippen LogP) is 5.31. The Morgan fingerprint density at radius 2 is 1.58 bits per heavy atom. The number of hydrogen-bond acceptors (Lipinski definition) is 4. The Morgan fingerprint density at radius 3 is 2.39 bits per heavy atom. The van der Waals surface area contributed by atoms with Gasteiger partial charge in [0.05, 0.1) is 6.54 Å². The molecule has 170 valence electrons. The quantitative estimate of drug-likeness (QED) is 0.488. The van der Waals surface area contributed by atoms with Crippen LogP contribution in [0.4, 0.5) is 5.69 Å². The lowest BCUT2D eigenvalue weighted by molar-refractivity contribution is -0.534. The summed E-state index contributed by atoms with van der Waals surface area (Å²) in [7, 11) is 0. The van der Waals surface area contributed by atoms with Crippen LogP contribution in [0.5, 0.6) is 11.5 Å². The second-order valence-corrected chi connectivity index (χ2v) is 8.78. The van der Waals surface area contributed by atoms with Crippen molar-refractivity contribution >= 4 is 28.5 Å². The number of rotatable bonds is 3. The molecular formula is C27H28BrN2O3+. The maximum Gasteiger partial charge on any atom is 0.275 e. The average Bonchev–Trinajstić information content (AvgIpc) is 3.34. The Hall–Kier alpha value is -2.83. The lowest BCUT2D eigenvalue weighted by atomic mass is 9.96. The molecule has 1 atom stereocenters. The van der Waals surface area contributed by atoms with Crippen molar-refractivity contribution in [2.45, 2.75) is 31.4 Å². The summed E-state index contributed by atoms with van der Waals surface area (Å²) in [5.74, 6) is 2.68. The van der Waals surface area contributed by atoms with E-state index in [1.165, 1.54) is 17.8 Å². The largest absolute Gasteiger partial charge is 0.454 e. The first kappa shape index (κ1) is 22.0. The van der Waals surface area contributed by atoms with Gasteiger partial charge in [-0.1, -0.05) is 54.6 Å². The van der Waals surface area contributed by atoms with E-state index in [1.54, 1.807) is 0 Å². The SMILES string of the molecule is Br.OC1(c2ccc(-c3ccccc3)cc2)C[N+]2=C(CCCCC2)N1c1ccc2c(c1)OCO2. The minimum atomic E-state index is -1.14. The maximum absolute atomic E-state index is 12.2. The molecular weight excluding hydrogens is 480 g/mol. The first-order chi connectivity index (χ1) is 15.7. The van der Waals surface area contributed by atoms with E-state index < -0.39 is 5.72 Å². The van der Waals surface area contributed by atoms with Gasteiger partial charge in [-0.15, -0.1) is 17.0 Å². The van der Waals surface area contributed by atoms with E-state index in [-0.39, 0.29) is 23.8 Å². The van der Waals surface area contributed by atoms with Crippen LogP contribution < -0.4 is 14.4 Å². The Labute approximate surface area is 204 Å². The van der Waals surface area contributed by atoms with Gasteiger partial charge in [-0.05, 0) is 42.5 Å². The van der Waals surface area contributed by atoms with Crippen molar-refractivity contribution in [3.05, 3.63) is 78.4 Å². The number of aliphatic hydroxyl groups is 1. The van der Waals surface area contributed by atoms with Crippen LogP contribution in [0.25, 0.3) is 11.1 Å². The third-order valence-corrected chi connectivity index (χ3v) is 6.80. The van der Waals surface area contributed by atoms with Gasteiger partial charge in [0.25, 0.3) is 11.6 Å². The second-order valence-electron chi connectivity index (χ2n) is 8.78. The van der Waals surface area contributed by atoms with E-state index in [2.05, 4.69) is 45.9 Å². The second kappa shape index (κ2) is 8.84. The van der Waals surface area contributed by atoms with Crippen LogP contribution >= 0.6 is 17.0 Å². The van der Waals surface area contributed by atoms with Crippen LogP contribution in [0.1, 0.15) is 31.2 Å². The van der Waals surface area contributed by atoms with Crippen LogP contribution in [0.2, 0.25) is 0 Å². The van der Waals surface area contributed by atoms with E-state index in [0.29, 0.717) is 6.54 Å². The van der Waals surface area contributed by atoms with E-state index in [1.807, 2.05) is 36.4 Å². The molecule has 0 spiro atoms. The molecule has 0 aromatic heterocycles. The van der Waals surface area contributed by atoms with Gasteiger partial charge < -0.3 is 14.6 Å². The van der Waals surface area contributed by atoms with Crippen LogP contribution in [0.15, 0.2) is 72.8 Å². The van der Waals surface area contributed by atoms with Crippen LogP contribution in [0, 0.1) is 0 Å². The zero-order chi connectivity index (χ0) is 21.5. The fraction of sp³-hybridized carbons (Fsp3) is 0.296. The lowest BCUT2D eigenvalue weighted by Crippen LogP contribution is -2.47. The summed E-state index contributed by atoms with van der Waals surface area (Å²) >= 11 is 0. The number of halogens is 1. The summed E-state index contributed by atoms with van der Waals surface area (Å²) < 4.78 is 13.5. The predicted molar refractivity (Wildman–Crippen MR) is 135 cm³/mol. The summed E-state index contributed by atoms with van der Waals surface area (Å²) in [6.45, 7) is 1.77. The monoisotopic (exact) mass is 507 g/mol. The van der Waals surface area contributed by atoms with Gasteiger partial charge in [0.1, 0.15) is 5.69 Å². The fourth-order valence-corrected chi connectivity index (χ4v) is 5.19. The van der Waals surface area contributed by atoms with E-state index in [0.717, 1.165) is 54.1 Å². The zero-order valence-corrected chi connectivity index (χ0v) is 20.2. The molecule has 0 saturated carbocycles. The van der Waals surface area contributed by atoms with Gasteiger partial charge in [-0.2, -0.15) is 4.90 Å². The molecule has 3 heterocycles. The summed E-state index contributed by atoms with van der Waals surface area (Å²) in [6, 6.07) is 24.6. The molecule has 0 saturated heterocycles. The molecule has 1 unspecified atom stereocenters. The zero-order valence-electron chi connectivity index (χ0n) is 18.4. The van der Waals surface area contributed by atoms with Crippen LogP contribution in [-0.4, -0.2) is 35.4 Å². The molecule has 0 aliphatic carbocycles. The van der Waals surface area contributed by atoms with Gasteiger partial charge in [0.2, 0.25) is 6.79 Å². The van der Waals surface area contributed by atoms with Crippen molar-refractivity contribution < 1.29 is 19.2 Å². The number of anilines is 1. The summed E-state index contributed by atoms with van der Waals surface area (Å²) in [5.41, 5.74) is 3.01. The molecule has 5 nitrogen and oxygen atoms in total. The molecule has 6 heteroatoms. The number of benzene rings is 3. The van der Waals surface area contributed by atoms with Crippen molar-refractivity contribution in [2.24, 2.45) is 0 Å². The minimum Gasteiger partial charge on any atom is -0.454 e. The fourth-order valence-electron chi connectivity index (χ4n) is 5.19. The third-order valence-electron chi connectivity index (χ3n) is 6.80. The van der Waals surface area contributed by atoms with Gasteiger partial charge in [0, 0.05) is 18.1 Å². The smallest absolute Gasteiger partial charge is 0.275 e. The van der Waals surface area contributed by atoms with E-state index in [9.17, 15) is 5.11 Å².